The van der Waals surface area contributed by atoms with Gasteiger partial charge in [0.15, 0.2) is 0 Å². The van der Waals surface area contributed by atoms with E-state index in [0.717, 1.165) is 42.8 Å². The first-order valence-electron chi connectivity index (χ1n) is 8.77. The van der Waals surface area contributed by atoms with Gasteiger partial charge in [0, 0.05) is 24.1 Å². The molecule has 25 heavy (non-hydrogen) atoms. The van der Waals surface area contributed by atoms with Crippen LogP contribution < -0.4 is 0 Å². The number of benzene rings is 2. The Morgan fingerprint density at radius 3 is 2.44 bits per heavy atom. The summed E-state index contributed by atoms with van der Waals surface area (Å²) in [6, 6.07) is 18.1. The van der Waals surface area contributed by atoms with Crippen LogP contribution in [0, 0.1) is 5.92 Å². The number of hydrogen-bond acceptors (Lipinski definition) is 2. The molecule has 0 spiro atoms. The summed E-state index contributed by atoms with van der Waals surface area (Å²) < 4.78 is 12.2. The molecule has 4 heteroatoms. The third kappa shape index (κ3) is 3.31. The average molecular weight is 351 g/mol. The van der Waals surface area contributed by atoms with Crippen LogP contribution in [0.5, 0.6) is 0 Å². The smallest absolute Gasteiger partial charge is 0.255 e. The number of fused-ring (bicyclic) bond motifs is 1. The zero-order chi connectivity index (χ0) is 17.2. The molecule has 1 amide bonds. The minimum atomic E-state index is -1.20. The van der Waals surface area contributed by atoms with Gasteiger partial charge in [-0.3, -0.25) is 4.79 Å². The molecule has 1 atom stereocenters. The van der Waals surface area contributed by atoms with Crippen LogP contribution >= 0.6 is 0 Å². The van der Waals surface area contributed by atoms with Crippen molar-refractivity contribution in [2.45, 2.75) is 24.2 Å². The molecule has 2 aromatic carbocycles. The molecule has 1 fully saturated rings. The summed E-state index contributed by atoms with van der Waals surface area (Å²) in [7, 11) is -1.20. The molecule has 2 aliphatic rings. The van der Waals surface area contributed by atoms with Gasteiger partial charge < -0.3 is 4.90 Å². The van der Waals surface area contributed by atoms with Crippen LogP contribution in [0.2, 0.25) is 0 Å². The highest BCUT2D eigenvalue weighted by Crippen LogP contribution is 2.33. The van der Waals surface area contributed by atoms with Gasteiger partial charge in [0.2, 0.25) is 0 Å². The summed E-state index contributed by atoms with van der Waals surface area (Å²) in [6.45, 7) is 1.56. The second kappa shape index (κ2) is 6.96. The Morgan fingerprint density at radius 2 is 1.68 bits per heavy atom. The van der Waals surface area contributed by atoms with Crippen LogP contribution in [0.4, 0.5) is 0 Å². The molecule has 0 aliphatic carbocycles. The lowest BCUT2D eigenvalue weighted by molar-refractivity contribution is -0.126. The summed E-state index contributed by atoms with van der Waals surface area (Å²) in [5.74, 6) is 0.655. The Balaban J connectivity index is 1.41. The summed E-state index contributed by atoms with van der Waals surface area (Å²) in [6.07, 6.45) is 3.13. The van der Waals surface area contributed by atoms with E-state index in [4.69, 9.17) is 0 Å². The molecule has 3 nitrogen and oxygen atoms in total. The topological polar surface area (TPSA) is 37.4 Å². The van der Waals surface area contributed by atoms with Gasteiger partial charge in [0.1, 0.15) is 0 Å². The standard InChI is InChI=1S/C21H21NO2S/c23-21(19-15-25(24)20-9-5-4-8-18(19)20)22-12-10-17(11-13-22)14-16-6-2-1-3-7-16/h1-9,15,17H,10-14H2. The summed E-state index contributed by atoms with van der Waals surface area (Å²) in [4.78, 5) is 15.6. The molecule has 2 aliphatic heterocycles. The van der Waals surface area contributed by atoms with E-state index in [1.54, 1.807) is 5.41 Å². The molecule has 0 aromatic heterocycles. The number of rotatable bonds is 3. The van der Waals surface area contributed by atoms with Gasteiger partial charge >= 0.3 is 0 Å². The second-order valence-corrected chi connectivity index (χ2v) is 8.02. The molecule has 128 valence electrons. The Bertz CT molecular complexity index is 836. The summed E-state index contributed by atoms with van der Waals surface area (Å²) >= 11 is 0. The highest BCUT2D eigenvalue weighted by molar-refractivity contribution is 7.88. The quantitative estimate of drug-likeness (QED) is 0.847. The van der Waals surface area contributed by atoms with Crippen molar-refractivity contribution < 1.29 is 9.00 Å². The van der Waals surface area contributed by atoms with Crippen molar-refractivity contribution in [2.24, 2.45) is 5.92 Å². The van der Waals surface area contributed by atoms with E-state index < -0.39 is 10.8 Å². The maximum absolute atomic E-state index is 12.9. The maximum Gasteiger partial charge on any atom is 0.255 e. The number of likely N-dealkylation sites (tertiary alicyclic amines) is 1. The highest BCUT2D eigenvalue weighted by atomic mass is 32.2. The van der Waals surface area contributed by atoms with Gasteiger partial charge in [-0.25, -0.2) is 4.21 Å². The van der Waals surface area contributed by atoms with Crippen LogP contribution in [0.3, 0.4) is 0 Å². The molecule has 1 saturated heterocycles. The van der Waals surface area contributed by atoms with E-state index >= 15 is 0 Å². The van der Waals surface area contributed by atoms with E-state index in [-0.39, 0.29) is 5.91 Å². The molecular formula is C21H21NO2S. The first-order valence-corrected chi connectivity index (χ1v) is 9.98. The van der Waals surface area contributed by atoms with Crippen molar-refractivity contribution in [3.63, 3.8) is 0 Å². The SMILES string of the molecule is O=C(C1=CS(=O)c2ccccc21)N1CCC(Cc2ccccc2)CC1. The van der Waals surface area contributed by atoms with Crippen molar-refractivity contribution >= 4 is 22.3 Å². The molecular weight excluding hydrogens is 330 g/mol. The zero-order valence-corrected chi connectivity index (χ0v) is 14.9. The third-order valence-electron chi connectivity index (χ3n) is 5.12. The number of nitrogens with zero attached hydrogens (tertiary/aromatic N) is 1. The Morgan fingerprint density at radius 1 is 1.00 bits per heavy atom. The Labute approximate surface area is 150 Å². The number of amides is 1. The number of hydrogen-bond donors (Lipinski definition) is 0. The lowest BCUT2D eigenvalue weighted by Gasteiger charge is -2.32. The van der Waals surface area contributed by atoms with Crippen molar-refractivity contribution in [1.29, 1.82) is 0 Å². The number of carbonyl (C=O) groups excluding carboxylic acids is 1. The molecule has 1 unspecified atom stereocenters. The number of carbonyl (C=O) groups is 1. The highest BCUT2D eigenvalue weighted by Gasteiger charge is 2.30. The summed E-state index contributed by atoms with van der Waals surface area (Å²) in [5, 5.41) is 1.61. The monoisotopic (exact) mass is 351 g/mol. The molecule has 4 rings (SSSR count). The lowest BCUT2D eigenvalue weighted by atomic mass is 9.90. The Hall–Kier alpha value is -2.20. The van der Waals surface area contributed by atoms with E-state index in [9.17, 15) is 9.00 Å². The van der Waals surface area contributed by atoms with E-state index in [1.807, 2.05) is 35.2 Å². The van der Waals surface area contributed by atoms with Crippen molar-refractivity contribution in [3.05, 3.63) is 71.1 Å². The normalized spacial score (nSPS) is 20.2. The minimum absolute atomic E-state index is 0.0245. The predicted octanol–water partition coefficient (Wildman–Crippen LogP) is 3.63. The van der Waals surface area contributed by atoms with Crippen LogP contribution in [0.1, 0.15) is 24.0 Å². The van der Waals surface area contributed by atoms with E-state index in [1.165, 1.54) is 5.56 Å². The molecule has 0 saturated carbocycles. The van der Waals surface area contributed by atoms with Gasteiger partial charge in [-0.1, -0.05) is 48.5 Å². The van der Waals surface area contributed by atoms with Gasteiger partial charge in [-0.15, -0.1) is 0 Å². The molecule has 0 radical (unpaired) electrons. The third-order valence-corrected chi connectivity index (χ3v) is 6.36. The van der Waals surface area contributed by atoms with Crippen LogP contribution in [0.15, 0.2) is 64.9 Å². The summed E-state index contributed by atoms with van der Waals surface area (Å²) in [5.41, 5.74) is 2.81. The van der Waals surface area contributed by atoms with Gasteiger partial charge in [0.05, 0.1) is 21.3 Å². The van der Waals surface area contributed by atoms with E-state index in [0.29, 0.717) is 11.5 Å². The molecule has 0 N–H and O–H groups in total. The number of piperidine rings is 1. The van der Waals surface area contributed by atoms with Gasteiger partial charge in [-0.2, -0.15) is 0 Å². The fourth-order valence-corrected chi connectivity index (χ4v) is 4.90. The van der Waals surface area contributed by atoms with Crippen molar-refractivity contribution in [3.8, 4) is 0 Å². The van der Waals surface area contributed by atoms with E-state index in [2.05, 4.69) is 24.3 Å². The first-order chi connectivity index (χ1) is 12.2. The Kier molecular flexibility index (Phi) is 4.53. The minimum Gasteiger partial charge on any atom is -0.339 e. The first kappa shape index (κ1) is 16.3. The molecule has 2 heterocycles. The fraction of sp³-hybridized carbons (Fsp3) is 0.286. The average Bonchev–Trinajstić information content (AvgIpc) is 3.00. The lowest BCUT2D eigenvalue weighted by Crippen LogP contribution is -2.39. The fourth-order valence-electron chi connectivity index (χ4n) is 3.72. The second-order valence-electron chi connectivity index (χ2n) is 6.75. The zero-order valence-electron chi connectivity index (χ0n) is 14.1. The molecule has 2 aromatic rings. The predicted molar refractivity (Wildman–Crippen MR) is 100 cm³/mol. The van der Waals surface area contributed by atoms with Crippen LogP contribution in [0.25, 0.3) is 5.57 Å². The van der Waals surface area contributed by atoms with Crippen molar-refractivity contribution in [2.75, 3.05) is 13.1 Å². The van der Waals surface area contributed by atoms with Gasteiger partial charge in [-0.05, 0) is 36.8 Å². The van der Waals surface area contributed by atoms with Crippen molar-refractivity contribution in [1.82, 2.24) is 4.90 Å². The largest absolute Gasteiger partial charge is 0.339 e. The molecule has 0 bridgehead atoms. The van der Waals surface area contributed by atoms with Crippen LogP contribution in [-0.4, -0.2) is 28.1 Å². The maximum atomic E-state index is 12.9. The van der Waals surface area contributed by atoms with Gasteiger partial charge in [0.25, 0.3) is 5.91 Å². The van der Waals surface area contributed by atoms with Crippen LogP contribution in [-0.2, 0) is 22.0 Å².